The van der Waals surface area contributed by atoms with Crippen LogP contribution in [0.1, 0.15) is 39.5 Å². The van der Waals surface area contributed by atoms with Crippen LogP contribution in [0.4, 0.5) is 0 Å². The smallest absolute Gasteiger partial charge is 0.326 e. The molecule has 0 saturated carbocycles. The summed E-state index contributed by atoms with van der Waals surface area (Å²) in [5, 5.41) is 14.8. The molecule has 0 aliphatic carbocycles. The van der Waals surface area contributed by atoms with Crippen molar-refractivity contribution >= 4 is 11.9 Å². The quantitative estimate of drug-likeness (QED) is 0.679. The van der Waals surface area contributed by atoms with Gasteiger partial charge >= 0.3 is 5.97 Å². The Morgan fingerprint density at radius 1 is 1.29 bits per heavy atom. The van der Waals surface area contributed by atoms with E-state index in [9.17, 15) is 9.59 Å². The number of rotatable bonds is 4. The van der Waals surface area contributed by atoms with Crippen molar-refractivity contribution in [1.82, 2.24) is 10.6 Å². The number of amides is 1. The number of aliphatic carboxylic acids is 1. The molecule has 1 unspecified atom stereocenters. The van der Waals surface area contributed by atoms with Crippen molar-refractivity contribution in [2.75, 3.05) is 6.54 Å². The van der Waals surface area contributed by atoms with Gasteiger partial charge in [-0.1, -0.05) is 26.7 Å². The molecule has 1 aliphatic heterocycles. The van der Waals surface area contributed by atoms with Gasteiger partial charge in [0, 0.05) is 0 Å². The molecule has 5 heteroatoms. The van der Waals surface area contributed by atoms with E-state index in [0.29, 0.717) is 0 Å². The van der Waals surface area contributed by atoms with Gasteiger partial charge in [-0.2, -0.15) is 0 Å². The van der Waals surface area contributed by atoms with Crippen molar-refractivity contribution < 1.29 is 14.7 Å². The second-order valence-electron chi connectivity index (χ2n) is 4.92. The van der Waals surface area contributed by atoms with Crippen LogP contribution >= 0.6 is 0 Å². The zero-order valence-corrected chi connectivity index (χ0v) is 10.5. The minimum Gasteiger partial charge on any atom is -0.480 e. The third-order valence-corrected chi connectivity index (χ3v) is 3.11. The van der Waals surface area contributed by atoms with E-state index < -0.39 is 12.0 Å². The van der Waals surface area contributed by atoms with Gasteiger partial charge in [-0.15, -0.1) is 0 Å². The molecule has 17 heavy (non-hydrogen) atoms. The zero-order chi connectivity index (χ0) is 12.8. The van der Waals surface area contributed by atoms with Gasteiger partial charge in [0.2, 0.25) is 5.91 Å². The molecule has 1 rings (SSSR count). The zero-order valence-electron chi connectivity index (χ0n) is 10.5. The molecule has 0 aromatic rings. The Kier molecular flexibility index (Phi) is 5.41. The molecular formula is C12H22N2O3. The molecule has 0 aromatic carbocycles. The van der Waals surface area contributed by atoms with Crippen LogP contribution in [0.15, 0.2) is 0 Å². The SMILES string of the molecule is CC(C)[C@H](NC(=O)C1CCCCCN1)C(=O)O. The third-order valence-electron chi connectivity index (χ3n) is 3.11. The summed E-state index contributed by atoms with van der Waals surface area (Å²) in [5.41, 5.74) is 0. The Balaban J connectivity index is 2.53. The molecule has 1 aliphatic rings. The normalized spacial score (nSPS) is 22.9. The van der Waals surface area contributed by atoms with E-state index >= 15 is 0 Å². The lowest BCUT2D eigenvalue weighted by Gasteiger charge is -2.22. The summed E-state index contributed by atoms with van der Waals surface area (Å²) in [6.07, 6.45) is 4.01. The van der Waals surface area contributed by atoms with Gasteiger partial charge in [-0.3, -0.25) is 4.79 Å². The van der Waals surface area contributed by atoms with Crippen LogP contribution in [0, 0.1) is 5.92 Å². The fourth-order valence-corrected chi connectivity index (χ4v) is 2.02. The summed E-state index contributed by atoms with van der Waals surface area (Å²) < 4.78 is 0. The van der Waals surface area contributed by atoms with Crippen LogP contribution in [0.25, 0.3) is 0 Å². The van der Waals surface area contributed by atoms with Crippen molar-refractivity contribution in [1.29, 1.82) is 0 Å². The largest absolute Gasteiger partial charge is 0.480 e. The van der Waals surface area contributed by atoms with Gasteiger partial charge < -0.3 is 15.7 Å². The predicted molar refractivity (Wildman–Crippen MR) is 64.7 cm³/mol. The Hall–Kier alpha value is -1.10. The Labute approximate surface area is 102 Å². The molecule has 1 amide bonds. The number of nitrogens with one attached hydrogen (secondary N) is 2. The molecule has 98 valence electrons. The first-order valence-corrected chi connectivity index (χ1v) is 6.29. The van der Waals surface area contributed by atoms with Gasteiger partial charge in [0.25, 0.3) is 0 Å². The van der Waals surface area contributed by atoms with Gasteiger partial charge in [-0.25, -0.2) is 4.79 Å². The molecule has 1 heterocycles. The highest BCUT2D eigenvalue weighted by Gasteiger charge is 2.27. The molecule has 0 aromatic heterocycles. The van der Waals surface area contributed by atoms with E-state index in [-0.39, 0.29) is 17.9 Å². The van der Waals surface area contributed by atoms with E-state index in [1.165, 1.54) is 0 Å². The monoisotopic (exact) mass is 242 g/mol. The Bertz CT molecular complexity index is 271. The minimum atomic E-state index is -0.970. The van der Waals surface area contributed by atoms with Crippen LogP contribution in [-0.4, -0.2) is 35.6 Å². The molecule has 2 atom stereocenters. The molecule has 1 fully saturated rings. The number of carboxylic acids is 1. The lowest BCUT2D eigenvalue weighted by molar-refractivity contribution is -0.143. The molecule has 0 radical (unpaired) electrons. The molecule has 1 saturated heterocycles. The Morgan fingerprint density at radius 2 is 2.00 bits per heavy atom. The molecular weight excluding hydrogens is 220 g/mol. The van der Waals surface area contributed by atoms with Crippen LogP contribution in [-0.2, 0) is 9.59 Å². The highest BCUT2D eigenvalue weighted by Crippen LogP contribution is 2.09. The number of hydrogen-bond donors (Lipinski definition) is 3. The summed E-state index contributed by atoms with van der Waals surface area (Å²) in [4.78, 5) is 22.9. The molecule has 5 nitrogen and oxygen atoms in total. The van der Waals surface area contributed by atoms with Crippen molar-refractivity contribution in [2.24, 2.45) is 5.92 Å². The van der Waals surface area contributed by atoms with Crippen molar-refractivity contribution in [2.45, 2.75) is 51.6 Å². The van der Waals surface area contributed by atoms with Gasteiger partial charge in [-0.05, 0) is 25.3 Å². The second kappa shape index (κ2) is 6.59. The summed E-state index contributed by atoms with van der Waals surface area (Å²) >= 11 is 0. The summed E-state index contributed by atoms with van der Waals surface area (Å²) in [6, 6.07) is -1.04. The first-order chi connectivity index (χ1) is 8.02. The fourth-order valence-electron chi connectivity index (χ4n) is 2.02. The van der Waals surface area contributed by atoms with Gasteiger partial charge in [0.1, 0.15) is 6.04 Å². The van der Waals surface area contributed by atoms with Crippen molar-refractivity contribution in [3.05, 3.63) is 0 Å². The van der Waals surface area contributed by atoms with Gasteiger partial charge in [0.05, 0.1) is 6.04 Å². The predicted octanol–water partition coefficient (Wildman–Crippen LogP) is 0.744. The summed E-state index contributed by atoms with van der Waals surface area (Å²) in [5.74, 6) is -1.27. The van der Waals surface area contributed by atoms with Gasteiger partial charge in [0.15, 0.2) is 0 Å². The van der Waals surface area contributed by atoms with E-state index in [0.717, 1.165) is 32.2 Å². The average Bonchev–Trinajstić information content (AvgIpc) is 2.52. The maximum Gasteiger partial charge on any atom is 0.326 e. The molecule has 3 N–H and O–H groups in total. The maximum absolute atomic E-state index is 11.9. The lowest BCUT2D eigenvalue weighted by Crippen LogP contribution is -2.51. The first-order valence-electron chi connectivity index (χ1n) is 6.29. The Morgan fingerprint density at radius 3 is 2.59 bits per heavy atom. The van der Waals surface area contributed by atoms with Crippen LogP contribution in [0.3, 0.4) is 0 Å². The minimum absolute atomic E-state index is 0.109. The lowest BCUT2D eigenvalue weighted by atomic mass is 10.0. The third kappa shape index (κ3) is 4.34. The van der Waals surface area contributed by atoms with Crippen molar-refractivity contribution in [3.8, 4) is 0 Å². The van der Waals surface area contributed by atoms with Crippen molar-refractivity contribution in [3.63, 3.8) is 0 Å². The summed E-state index contributed by atoms with van der Waals surface area (Å²) in [6.45, 7) is 4.41. The molecule has 0 spiro atoms. The van der Waals surface area contributed by atoms with Crippen LogP contribution in [0.2, 0.25) is 0 Å². The van der Waals surface area contributed by atoms with E-state index in [2.05, 4.69) is 10.6 Å². The number of carboxylic acid groups (broad SMARTS) is 1. The van der Waals surface area contributed by atoms with E-state index in [1.54, 1.807) is 13.8 Å². The number of carbonyl (C=O) groups excluding carboxylic acids is 1. The first kappa shape index (κ1) is 14.0. The van der Waals surface area contributed by atoms with Crippen LogP contribution in [0.5, 0.6) is 0 Å². The van der Waals surface area contributed by atoms with E-state index in [4.69, 9.17) is 5.11 Å². The molecule has 0 bridgehead atoms. The maximum atomic E-state index is 11.9. The highest BCUT2D eigenvalue weighted by molar-refractivity contribution is 5.87. The number of hydrogen-bond acceptors (Lipinski definition) is 3. The average molecular weight is 242 g/mol. The second-order valence-corrected chi connectivity index (χ2v) is 4.92. The summed E-state index contributed by atoms with van der Waals surface area (Å²) in [7, 11) is 0. The topological polar surface area (TPSA) is 78.4 Å². The number of carbonyl (C=O) groups is 2. The van der Waals surface area contributed by atoms with Crippen LogP contribution < -0.4 is 10.6 Å². The highest BCUT2D eigenvalue weighted by atomic mass is 16.4. The van der Waals surface area contributed by atoms with E-state index in [1.807, 2.05) is 0 Å². The fraction of sp³-hybridized carbons (Fsp3) is 0.833. The standard InChI is InChI=1S/C12H22N2O3/c1-8(2)10(12(16)17)14-11(15)9-6-4-3-5-7-13-9/h8-10,13H,3-7H2,1-2H3,(H,14,15)(H,16,17)/t9?,10-/m0/s1.